The molecule has 0 aliphatic rings. The zero-order chi connectivity index (χ0) is 17.7. The quantitative estimate of drug-likeness (QED) is 0.499. The number of primary amides is 1. The number of nitrogens with zero attached hydrogens (tertiary/aromatic N) is 1. The van der Waals surface area contributed by atoms with E-state index < -0.39 is 30.3 Å². The standard InChI is InChI=1S/C15H14FIN4O3/c16-10-5-8(17)1-2-11(10)20-12-6-19-4-3-9(12)15(24)21-13(7-22)14(18)23/h1-6,13,20,22H,7H2,(H2,18,23)(H,21,24). The third-order valence-electron chi connectivity index (χ3n) is 3.10. The van der Waals surface area contributed by atoms with Crippen LogP contribution < -0.4 is 16.4 Å². The van der Waals surface area contributed by atoms with E-state index in [1.807, 2.05) is 22.6 Å². The maximum absolute atomic E-state index is 14.0. The van der Waals surface area contributed by atoms with E-state index >= 15 is 0 Å². The van der Waals surface area contributed by atoms with Gasteiger partial charge in [0.15, 0.2) is 0 Å². The van der Waals surface area contributed by atoms with Crippen molar-refractivity contribution in [3.63, 3.8) is 0 Å². The predicted molar refractivity (Wildman–Crippen MR) is 94.2 cm³/mol. The highest BCUT2D eigenvalue weighted by Gasteiger charge is 2.20. The maximum Gasteiger partial charge on any atom is 0.254 e. The van der Waals surface area contributed by atoms with Crippen LogP contribution in [0, 0.1) is 9.39 Å². The van der Waals surface area contributed by atoms with E-state index in [9.17, 15) is 14.0 Å². The zero-order valence-corrected chi connectivity index (χ0v) is 14.5. The highest BCUT2D eigenvalue weighted by Crippen LogP contribution is 2.23. The summed E-state index contributed by atoms with van der Waals surface area (Å²) in [7, 11) is 0. The van der Waals surface area contributed by atoms with Gasteiger partial charge in [-0.25, -0.2) is 4.39 Å². The van der Waals surface area contributed by atoms with Crippen LogP contribution in [-0.4, -0.2) is 34.6 Å². The molecule has 0 fully saturated rings. The molecule has 2 aromatic rings. The third kappa shape index (κ3) is 4.38. The molecule has 1 atom stereocenters. The number of hydrogen-bond acceptors (Lipinski definition) is 5. The minimum atomic E-state index is -1.21. The average Bonchev–Trinajstić information content (AvgIpc) is 2.55. The van der Waals surface area contributed by atoms with Gasteiger partial charge in [-0.05, 0) is 46.9 Å². The second-order valence-corrected chi connectivity index (χ2v) is 6.03. The molecule has 9 heteroatoms. The van der Waals surface area contributed by atoms with E-state index in [0.717, 1.165) is 3.57 Å². The molecule has 1 aromatic heterocycles. The molecule has 2 amide bonds. The summed E-state index contributed by atoms with van der Waals surface area (Å²) in [4.78, 5) is 27.3. The van der Waals surface area contributed by atoms with Crippen molar-refractivity contribution in [2.75, 3.05) is 11.9 Å². The lowest BCUT2D eigenvalue weighted by Gasteiger charge is -2.15. The first-order valence-electron chi connectivity index (χ1n) is 6.79. The topological polar surface area (TPSA) is 117 Å². The molecule has 0 saturated heterocycles. The van der Waals surface area contributed by atoms with E-state index in [1.54, 1.807) is 6.07 Å². The Kier molecular flexibility index (Phi) is 6.04. The SMILES string of the molecule is NC(=O)C(CO)NC(=O)c1ccncc1Nc1ccc(I)cc1F. The molecule has 1 heterocycles. The second-order valence-electron chi connectivity index (χ2n) is 4.78. The third-order valence-corrected chi connectivity index (χ3v) is 3.77. The highest BCUT2D eigenvalue weighted by atomic mass is 127. The van der Waals surface area contributed by atoms with Gasteiger partial charge in [0, 0.05) is 9.77 Å². The van der Waals surface area contributed by atoms with Crippen LogP contribution in [0.1, 0.15) is 10.4 Å². The summed E-state index contributed by atoms with van der Waals surface area (Å²) in [5, 5.41) is 14.2. The molecule has 0 saturated carbocycles. The molecule has 0 radical (unpaired) electrons. The number of carbonyl (C=O) groups is 2. The molecule has 0 spiro atoms. The smallest absolute Gasteiger partial charge is 0.254 e. The molecule has 1 unspecified atom stereocenters. The van der Waals surface area contributed by atoms with Crippen molar-refractivity contribution in [3.05, 3.63) is 51.6 Å². The van der Waals surface area contributed by atoms with Gasteiger partial charge in [-0.1, -0.05) is 0 Å². The van der Waals surface area contributed by atoms with Gasteiger partial charge < -0.3 is 21.5 Å². The number of hydrogen-bond donors (Lipinski definition) is 4. The summed E-state index contributed by atoms with van der Waals surface area (Å²) in [5.41, 5.74) is 5.62. The van der Waals surface area contributed by atoms with Crippen molar-refractivity contribution in [1.82, 2.24) is 10.3 Å². The van der Waals surface area contributed by atoms with Gasteiger partial charge in [-0.15, -0.1) is 0 Å². The summed E-state index contributed by atoms with van der Waals surface area (Å²) < 4.78 is 14.7. The molecule has 0 bridgehead atoms. The molecule has 7 nitrogen and oxygen atoms in total. The number of pyridine rings is 1. The molecular formula is C15H14FIN4O3. The van der Waals surface area contributed by atoms with E-state index in [1.165, 1.54) is 30.6 Å². The number of rotatable bonds is 6. The van der Waals surface area contributed by atoms with E-state index in [-0.39, 0.29) is 16.9 Å². The summed E-state index contributed by atoms with van der Waals surface area (Å²) >= 11 is 1.98. The second kappa shape index (κ2) is 8.02. The lowest BCUT2D eigenvalue weighted by Crippen LogP contribution is -2.46. The summed E-state index contributed by atoms with van der Waals surface area (Å²) in [6, 6.07) is 4.77. The molecular weight excluding hydrogens is 430 g/mol. The fraction of sp³-hybridized carbons (Fsp3) is 0.133. The van der Waals surface area contributed by atoms with Crippen LogP contribution in [0.2, 0.25) is 0 Å². The Balaban J connectivity index is 2.26. The predicted octanol–water partition coefficient (Wildman–Crippen LogP) is 1.14. The van der Waals surface area contributed by atoms with Crippen LogP contribution in [0.5, 0.6) is 0 Å². The average molecular weight is 444 g/mol. The molecule has 0 aliphatic heterocycles. The number of carbonyl (C=O) groups excluding carboxylic acids is 2. The van der Waals surface area contributed by atoms with Gasteiger partial charge in [0.2, 0.25) is 5.91 Å². The number of benzene rings is 1. The lowest BCUT2D eigenvalue weighted by molar-refractivity contribution is -0.120. The fourth-order valence-corrected chi connectivity index (χ4v) is 2.32. The number of nitrogens with two attached hydrogens (primary N) is 1. The van der Waals surface area contributed by atoms with E-state index in [4.69, 9.17) is 10.8 Å². The number of nitrogens with one attached hydrogen (secondary N) is 2. The zero-order valence-electron chi connectivity index (χ0n) is 12.3. The van der Waals surface area contributed by atoms with Gasteiger partial charge in [0.1, 0.15) is 11.9 Å². The molecule has 2 rings (SSSR count). The first kappa shape index (κ1) is 18.1. The lowest BCUT2D eigenvalue weighted by atomic mass is 10.1. The Bertz CT molecular complexity index is 772. The first-order valence-corrected chi connectivity index (χ1v) is 7.87. The van der Waals surface area contributed by atoms with E-state index in [2.05, 4.69) is 15.6 Å². The van der Waals surface area contributed by atoms with Crippen LogP contribution >= 0.6 is 22.6 Å². The normalized spacial score (nSPS) is 11.6. The van der Waals surface area contributed by atoms with Crippen molar-refractivity contribution >= 4 is 45.8 Å². The van der Waals surface area contributed by atoms with Crippen molar-refractivity contribution < 1.29 is 19.1 Å². The number of halogens is 2. The van der Waals surface area contributed by atoms with Crippen LogP contribution in [0.4, 0.5) is 15.8 Å². The van der Waals surface area contributed by atoms with Crippen LogP contribution in [-0.2, 0) is 4.79 Å². The number of aliphatic hydroxyl groups excluding tert-OH is 1. The highest BCUT2D eigenvalue weighted by molar-refractivity contribution is 14.1. The fourth-order valence-electron chi connectivity index (χ4n) is 1.87. The minimum Gasteiger partial charge on any atom is -0.394 e. The van der Waals surface area contributed by atoms with Crippen LogP contribution in [0.3, 0.4) is 0 Å². The Labute approximate surface area is 150 Å². The Morgan fingerprint density at radius 2 is 2.08 bits per heavy atom. The minimum absolute atomic E-state index is 0.127. The van der Waals surface area contributed by atoms with Crippen molar-refractivity contribution in [1.29, 1.82) is 0 Å². The largest absolute Gasteiger partial charge is 0.394 e. The molecule has 5 N–H and O–H groups in total. The number of amides is 2. The van der Waals surface area contributed by atoms with Crippen LogP contribution in [0.15, 0.2) is 36.7 Å². The maximum atomic E-state index is 14.0. The van der Waals surface area contributed by atoms with Crippen molar-refractivity contribution in [2.45, 2.75) is 6.04 Å². The molecule has 126 valence electrons. The van der Waals surface area contributed by atoms with Crippen LogP contribution in [0.25, 0.3) is 0 Å². The summed E-state index contributed by atoms with van der Waals surface area (Å²) in [6.07, 6.45) is 2.73. The summed E-state index contributed by atoms with van der Waals surface area (Å²) in [5.74, 6) is -2.00. The monoisotopic (exact) mass is 444 g/mol. The van der Waals surface area contributed by atoms with E-state index in [0.29, 0.717) is 0 Å². The Hall–Kier alpha value is -2.27. The Morgan fingerprint density at radius 1 is 1.33 bits per heavy atom. The molecule has 0 aliphatic carbocycles. The summed E-state index contributed by atoms with van der Waals surface area (Å²) in [6.45, 7) is -0.624. The number of anilines is 2. The van der Waals surface area contributed by atoms with Gasteiger partial charge in [0.25, 0.3) is 5.91 Å². The van der Waals surface area contributed by atoms with Gasteiger partial charge in [-0.2, -0.15) is 0 Å². The van der Waals surface area contributed by atoms with Gasteiger partial charge >= 0.3 is 0 Å². The first-order chi connectivity index (χ1) is 11.4. The molecule has 24 heavy (non-hydrogen) atoms. The Morgan fingerprint density at radius 3 is 2.71 bits per heavy atom. The number of aliphatic hydroxyl groups is 1. The van der Waals surface area contributed by atoms with Gasteiger partial charge in [0.05, 0.1) is 29.7 Å². The van der Waals surface area contributed by atoms with Crippen molar-refractivity contribution in [3.8, 4) is 0 Å². The van der Waals surface area contributed by atoms with Crippen molar-refractivity contribution in [2.24, 2.45) is 5.73 Å². The number of aromatic nitrogens is 1. The molecule has 1 aromatic carbocycles. The van der Waals surface area contributed by atoms with Gasteiger partial charge in [-0.3, -0.25) is 14.6 Å².